The number of aryl methyl sites for hydroxylation is 1. The second kappa shape index (κ2) is 6.61. The van der Waals surface area contributed by atoms with Crippen molar-refractivity contribution in [1.82, 2.24) is 14.5 Å². The molecule has 4 rings (SSSR count). The predicted molar refractivity (Wildman–Crippen MR) is 102 cm³/mol. The molecule has 0 radical (unpaired) electrons. The summed E-state index contributed by atoms with van der Waals surface area (Å²) < 4.78 is 7.46. The van der Waals surface area contributed by atoms with Gasteiger partial charge in [0.2, 0.25) is 0 Å². The fourth-order valence-electron chi connectivity index (χ4n) is 3.45. The van der Waals surface area contributed by atoms with Crippen molar-refractivity contribution in [1.29, 1.82) is 0 Å². The Morgan fingerprint density at radius 3 is 2.56 bits per heavy atom. The maximum Gasteiger partial charge on any atom is 0.330 e. The lowest BCUT2D eigenvalue weighted by molar-refractivity contribution is 0.0775. The zero-order valence-electron chi connectivity index (χ0n) is 15.7. The molecule has 1 saturated carbocycles. The third-order valence-electron chi connectivity index (χ3n) is 5.23. The van der Waals surface area contributed by atoms with Crippen molar-refractivity contribution in [2.75, 3.05) is 7.05 Å². The molecule has 140 valence electrons. The summed E-state index contributed by atoms with van der Waals surface area (Å²) in [4.78, 5) is 28.9. The van der Waals surface area contributed by atoms with Gasteiger partial charge in [-0.05, 0) is 55.7 Å². The van der Waals surface area contributed by atoms with Crippen LogP contribution in [0.3, 0.4) is 0 Å². The molecule has 2 atom stereocenters. The van der Waals surface area contributed by atoms with Gasteiger partial charge in [-0.15, -0.1) is 0 Å². The van der Waals surface area contributed by atoms with Crippen LogP contribution < -0.4 is 5.69 Å². The normalized spacial score (nSPS) is 18.5. The van der Waals surface area contributed by atoms with Crippen LogP contribution in [-0.4, -0.2) is 27.4 Å². The van der Waals surface area contributed by atoms with Crippen LogP contribution in [0.2, 0.25) is 0 Å². The first-order chi connectivity index (χ1) is 12.9. The predicted octanol–water partition coefficient (Wildman–Crippen LogP) is 3.46. The van der Waals surface area contributed by atoms with E-state index in [4.69, 9.17) is 4.42 Å². The van der Waals surface area contributed by atoms with E-state index in [1.807, 2.05) is 19.1 Å². The van der Waals surface area contributed by atoms with Crippen molar-refractivity contribution in [3.8, 4) is 5.69 Å². The number of carbonyl (C=O) groups is 1. The molecule has 0 spiro atoms. The number of hydrogen-bond acceptors (Lipinski definition) is 3. The van der Waals surface area contributed by atoms with E-state index in [-0.39, 0.29) is 11.6 Å². The number of hydrogen-bond donors (Lipinski definition) is 1. The van der Waals surface area contributed by atoms with Crippen molar-refractivity contribution in [3.05, 3.63) is 75.9 Å². The Labute approximate surface area is 157 Å². The van der Waals surface area contributed by atoms with Crippen molar-refractivity contribution < 1.29 is 9.21 Å². The van der Waals surface area contributed by atoms with Crippen LogP contribution in [0.15, 0.2) is 51.8 Å². The van der Waals surface area contributed by atoms with Crippen LogP contribution in [0.5, 0.6) is 0 Å². The molecule has 1 amide bonds. The van der Waals surface area contributed by atoms with E-state index in [0.717, 1.165) is 22.9 Å². The minimum absolute atomic E-state index is 0.0857. The van der Waals surface area contributed by atoms with Gasteiger partial charge in [-0.3, -0.25) is 9.36 Å². The molecule has 3 aromatic rings. The first kappa shape index (κ1) is 17.4. The smallest absolute Gasteiger partial charge is 0.330 e. The van der Waals surface area contributed by atoms with Gasteiger partial charge in [0.05, 0.1) is 12.2 Å². The molecule has 1 aromatic carbocycles. The first-order valence-corrected chi connectivity index (χ1v) is 9.15. The summed E-state index contributed by atoms with van der Waals surface area (Å²) in [6.45, 7) is 4.50. The number of aromatic nitrogens is 2. The molecule has 1 N–H and O–H groups in total. The highest BCUT2D eigenvalue weighted by atomic mass is 16.3. The van der Waals surface area contributed by atoms with Gasteiger partial charge >= 0.3 is 5.69 Å². The maximum atomic E-state index is 12.7. The lowest BCUT2D eigenvalue weighted by Crippen LogP contribution is -2.26. The van der Waals surface area contributed by atoms with Crippen LogP contribution in [-0.2, 0) is 6.54 Å². The molecule has 0 saturated heterocycles. The van der Waals surface area contributed by atoms with Crippen molar-refractivity contribution in [2.45, 2.75) is 32.7 Å². The summed E-state index contributed by atoms with van der Waals surface area (Å²) >= 11 is 0. The van der Waals surface area contributed by atoms with Gasteiger partial charge in [-0.25, -0.2) is 4.79 Å². The lowest BCUT2D eigenvalue weighted by atomic mass is 10.1. The van der Waals surface area contributed by atoms with E-state index in [1.165, 1.54) is 6.42 Å². The number of rotatable bonds is 5. The Kier molecular flexibility index (Phi) is 4.26. The molecule has 2 aromatic heterocycles. The van der Waals surface area contributed by atoms with Crippen LogP contribution in [0, 0.1) is 12.8 Å². The summed E-state index contributed by atoms with van der Waals surface area (Å²) in [5.74, 6) is 2.96. The number of furan rings is 1. The second-order valence-electron chi connectivity index (χ2n) is 7.40. The van der Waals surface area contributed by atoms with Crippen LogP contribution >= 0.6 is 0 Å². The average Bonchev–Trinajstić information content (AvgIpc) is 3.05. The van der Waals surface area contributed by atoms with E-state index < -0.39 is 0 Å². The SMILES string of the molecule is Cc1c[nH]c(=O)n1-c1ccc(C(=O)N(C)Cc2ccc(C3CC3C)o2)cc1. The minimum atomic E-state index is -0.192. The van der Waals surface area contributed by atoms with Gasteiger partial charge in [0, 0.05) is 30.4 Å². The second-order valence-corrected chi connectivity index (χ2v) is 7.40. The van der Waals surface area contributed by atoms with Gasteiger partial charge in [0.15, 0.2) is 0 Å². The Morgan fingerprint density at radius 1 is 1.26 bits per heavy atom. The van der Waals surface area contributed by atoms with Crippen LogP contribution in [0.25, 0.3) is 5.69 Å². The summed E-state index contributed by atoms with van der Waals surface area (Å²) in [6.07, 6.45) is 2.84. The van der Waals surface area contributed by atoms with Crippen LogP contribution in [0.4, 0.5) is 0 Å². The summed E-state index contributed by atoms with van der Waals surface area (Å²) in [6, 6.07) is 11.0. The number of H-pyrrole nitrogens is 1. The standard InChI is InChI=1S/C21H23N3O3/c1-13-10-18(13)19-9-8-17(27-19)12-23(3)20(25)15-4-6-16(7-5-15)24-14(2)11-22-21(24)26/h4-9,11,13,18H,10,12H2,1-3H3,(H,22,26). The van der Waals surface area contributed by atoms with E-state index >= 15 is 0 Å². The third-order valence-corrected chi connectivity index (χ3v) is 5.23. The molecule has 0 bridgehead atoms. The minimum Gasteiger partial charge on any atom is -0.464 e. The molecule has 27 heavy (non-hydrogen) atoms. The van der Waals surface area contributed by atoms with E-state index in [9.17, 15) is 9.59 Å². The number of carbonyl (C=O) groups excluding carboxylic acids is 1. The molecule has 0 aliphatic heterocycles. The summed E-state index contributed by atoms with van der Waals surface area (Å²) in [5, 5.41) is 0. The number of imidazole rings is 1. The fourth-order valence-corrected chi connectivity index (χ4v) is 3.45. The largest absolute Gasteiger partial charge is 0.464 e. The first-order valence-electron chi connectivity index (χ1n) is 9.15. The average molecular weight is 365 g/mol. The van der Waals surface area contributed by atoms with Gasteiger partial charge < -0.3 is 14.3 Å². The number of nitrogens with zero attached hydrogens (tertiary/aromatic N) is 2. The quantitative estimate of drug-likeness (QED) is 0.753. The van der Waals surface area contributed by atoms with Gasteiger partial charge in [0.1, 0.15) is 11.5 Å². The summed E-state index contributed by atoms with van der Waals surface area (Å²) in [7, 11) is 1.76. The van der Waals surface area contributed by atoms with Crippen molar-refractivity contribution in [3.63, 3.8) is 0 Å². The van der Waals surface area contributed by atoms with Crippen molar-refractivity contribution >= 4 is 5.91 Å². The number of nitrogens with one attached hydrogen (secondary N) is 1. The van der Waals surface area contributed by atoms with E-state index in [2.05, 4.69) is 11.9 Å². The van der Waals surface area contributed by atoms with E-state index in [1.54, 1.807) is 47.0 Å². The molecule has 6 nitrogen and oxygen atoms in total. The van der Waals surface area contributed by atoms with Crippen LogP contribution in [0.1, 0.15) is 46.8 Å². The molecular formula is C21H23N3O3. The fraction of sp³-hybridized carbons (Fsp3) is 0.333. The molecule has 6 heteroatoms. The Bertz CT molecular complexity index is 1030. The molecule has 1 fully saturated rings. The Hall–Kier alpha value is -3.02. The van der Waals surface area contributed by atoms with E-state index in [0.29, 0.717) is 23.9 Å². The highest BCUT2D eigenvalue weighted by Crippen LogP contribution is 2.47. The lowest BCUT2D eigenvalue weighted by Gasteiger charge is -2.16. The van der Waals surface area contributed by atoms with Gasteiger partial charge in [-0.1, -0.05) is 6.92 Å². The maximum absolute atomic E-state index is 12.7. The summed E-state index contributed by atoms with van der Waals surface area (Å²) in [5.41, 5.74) is 1.93. The number of aromatic amines is 1. The molecule has 1 aliphatic carbocycles. The number of amides is 1. The Morgan fingerprint density at radius 2 is 1.96 bits per heavy atom. The Balaban J connectivity index is 1.45. The molecule has 1 aliphatic rings. The molecular weight excluding hydrogens is 342 g/mol. The zero-order valence-corrected chi connectivity index (χ0v) is 15.7. The highest BCUT2D eigenvalue weighted by molar-refractivity contribution is 5.94. The van der Waals surface area contributed by atoms with Crippen molar-refractivity contribution in [2.24, 2.45) is 5.92 Å². The third kappa shape index (κ3) is 3.35. The van der Waals surface area contributed by atoms with Gasteiger partial charge in [0.25, 0.3) is 5.91 Å². The number of benzene rings is 1. The monoisotopic (exact) mass is 365 g/mol. The topological polar surface area (TPSA) is 71.2 Å². The molecule has 2 heterocycles. The molecule has 2 unspecified atom stereocenters. The van der Waals surface area contributed by atoms with Gasteiger partial charge in [-0.2, -0.15) is 0 Å². The zero-order chi connectivity index (χ0) is 19.1. The highest BCUT2D eigenvalue weighted by Gasteiger charge is 2.36.